The first-order valence-electron chi connectivity index (χ1n) is 16.4. The predicted octanol–water partition coefficient (Wildman–Crippen LogP) is 5.88. The fourth-order valence-electron chi connectivity index (χ4n) is 6.54. The topological polar surface area (TPSA) is 117 Å². The lowest BCUT2D eigenvalue weighted by Gasteiger charge is -2.42. The lowest BCUT2D eigenvalue weighted by Crippen LogP contribution is -2.52. The van der Waals surface area contributed by atoms with Gasteiger partial charge in [-0.3, -0.25) is 14.1 Å². The van der Waals surface area contributed by atoms with Crippen LogP contribution in [0.15, 0.2) is 54.7 Å². The summed E-state index contributed by atoms with van der Waals surface area (Å²) in [4.78, 5) is 34.7. The highest BCUT2D eigenvalue weighted by molar-refractivity contribution is 5.95. The number of piperazine rings is 1. The molecule has 1 aliphatic carbocycles. The van der Waals surface area contributed by atoms with E-state index in [0.29, 0.717) is 17.8 Å². The number of nitrogens with one attached hydrogen (secondary N) is 2. The van der Waals surface area contributed by atoms with E-state index in [1.165, 1.54) is 6.92 Å². The summed E-state index contributed by atoms with van der Waals surface area (Å²) in [5.41, 5.74) is 3.88. The summed E-state index contributed by atoms with van der Waals surface area (Å²) in [6.07, 6.45) is 3.25. The van der Waals surface area contributed by atoms with Crippen LogP contribution in [0.4, 0.5) is 10.5 Å². The molecule has 11 heteroatoms. The second-order valence-corrected chi connectivity index (χ2v) is 14.4. The Hall–Kier alpha value is -4.35. The van der Waals surface area contributed by atoms with E-state index in [2.05, 4.69) is 67.0 Å². The maximum absolute atomic E-state index is 13.3. The van der Waals surface area contributed by atoms with E-state index in [4.69, 9.17) is 4.74 Å². The van der Waals surface area contributed by atoms with Crippen molar-refractivity contribution in [2.45, 2.75) is 77.5 Å². The number of fused-ring (bicyclic) bond motifs is 2. The normalized spacial score (nSPS) is 19.3. The third kappa shape index (κ3) is 6.87. The molecular formula is C36H46N8O3. The fourth-order valence-corrected chi connectivity index (χ4v) is 6.54. The zero-order valence-corrected chi connectivity index (χ0v) is 28.5. The number of carbonyl (C=O) groups is 2. The Kier molecular flexibility index (Phi) is 8.80. The summed E-state index contributed by atoms with van der Waals surface area (Å²) in [6.45, 7) is 16.0. The number of carbonyl (C=O) groups excluding carboxylic acids is 2. The number of Topliss-reactive ketones (excluding diaryl/α,β-unsaturated/α-hetero) is 1. The second-order valence-electron chi connectivity index (χ2n) is 14.4. The zero-order valence-electron chi connectivity index (χ0n) is 28.5. The van der Waals surface area contributed by atoms with E-state index in [9.17, 15) is 9.59 Å². The highest BCUT2D eigenvalue weighted by Crippen LogP contribution is 2.39. The number of hydrogen-bond acceptors (Lipinski definition) is 8. The molecule has 248 valence electrons. The molecule has 2 atom stereocenters. The lowest BCUT2D eigenvalue weighted by atomic mass is 9.85. The molecule has 0 spiro atoms. The van der Waals surface area contributed by atoms with E-state index in [0.717, 1.165) is 66.6 Å². The quantitative estimate of drug-likeness (QED) is 0.241. The Morgan fingerprint density at radius 1 is 0.915 bits per heavy atom. The standard InChI is InChI=1S/C36H46N8O3/c1-23(45)29-20-24(21-31(38-29)35(2,3)4)37-34(46)39-28-13-14-30(27-11-9-8-10-26(27)28)47-25-12-15-32-40-41-33(44(32)22-25)36(5,6)43-18-16-42(7)17-19-43/h8-12,15,20-22,28,30H,13-14,16-19H2,1-7H3,(H2,37,38,39,46)/t28-,30+/m0/s1. The summed E-state index contributed by atoms with van der Waals surface area (Å²) in [7, 11) is 2.16. The first-order chi connectivity index (χ1) is 22.3. The van der Waals surface area contributed by atoms with Crippen LogP contribution in [-0.2, 0) is 11.0 Å². The molecule has 11 nitrogen and oxygen atoms in total. The van der Waals surface area contributed by atoms with Crippen LogP contribution in [0.3, 0.4) is 0 Å². The van der Waals surface area contributed by atoms with E-state index >= 15 is 0 Å². The number of likely N-dealkylation sites (N-methyl/N-ethyl adjacent to an activating group) is 1. The van der Waals surface area contributed by atoms with Crippen molar-refractivity contribution in [3.05, 3.63) is 83.1 Å². The highest BCUT2D eigenvalue weighted by atomic mass is 16.5. The van der Waals surface area contributed by atoms with Gasteiger partial charge in [-0.25, -0.2) is 9.78 Å². The predicted molar refractivity (Wildman–Crippen MR) is 182 cm³/mol. The van der Waals surface area contributed by atoms with Gasteiger partial charge < -0.3 is 20.3 Å². The Bertz CT molecular complexity index is 1780. The number of rotatable bonds is 7. The van der Waals surface area contributed by atoms with Crippen LogP contribution in [0.2, 0.25) is 0 Å². The van der Waals surface area contributed by atoms with Crippen molar-refractivity contribution in [3.8, 4) is 5.75 Å². The maximum atomic E-state index is 13.3. The Morgan fingerprint density at radius 2 is 1.64 bits per heavy atom. The second kappa shape index (κ2) is 12.7. The Labute approximate surface area is 276 Å². The summed E-state index contributed by atoms with van der Waals surface area (Å²) in [6, 6.07) is 14.9. The van der Waals surface area contributed by atoms with Gasteiger partial charge in [-0.15, -0.1) is 10.2 Å². The number of aromatic nitrogens is 4. The number of urea groups is 1. The van der Waals surface area contributed by atoms with Gasteiger partial charge in [0.15, 0.2) is 17.3 Å². The number of ketones is 1. The molecular weight excluding hydrogens is 592 g/mol. The SMILES string of the molecule is CC(=O)c1cc(NC(=O)N[C@H]2CC[C@@H](Oc3ccc4nnc(C(C)(C)N5CCN(C)CC5)n4c3)c3ccccc32)cc(C(C)(C)C)n1. The molecule has 6 rings (SSSR count). The van der Waals surface area contributed by atoms with Gasteiger partial charge >= 0.3 is 6.03 Å². The molecule has 1 fully saturated rings. The summed E-state index contributed by atoms with van der Waals surface area (Å²) >= 11 is 0. The van der Waals surface area contributed by atoms with Crippen LogP contribution >= 0.6 is 0 Å². The molecule has 0 bridgehead atoms. The minimum absolute atomic E-state index is 0.148. The van der Waals surface area contributed by atoms with Crippen LogP contribution in [-0.4, -0.2) is 74.4 Å². The molecule has 2 amide bonds. The third-order valence-electron chi connectivity index (χ3n) is 9.45. The first kappa shape index (κ1) is 32.6. The van der Waals surface area contributed by atoms with Crippen LogP contribution in [0.1, 0.15) is 99.7 Å². The Balaban J connectivity index is 1.18. The van der Waals surface area contributed by atoms with Crippen molar-refractivity contribution in [1.29, 1.82) is 0 Å². The molecule has 2 N–H and O–H groups in total. The smallest absolute Gasteiger partial charge is 0.319 e. The van der Waals surface area contributed by atoms with Crippen molar-refractivity contribution in [2.24, 2.45) is 0 Å². The van der Waals surface area contributed by atoms with Crippen molar-refractivity contribution < 1.29 is 14.3 Å². The summed E-state index contributed by atoms with van der Waals surface area (Å²) in [5.74, 6) is 1.48. The van der Waals surface area contributed by atoms with Crippen LogP contribution < -0.4 is 15.4 Å². The van der Waals surface area contributed by atoms with Gasteiger partial charge in [0.25, 0.3) is 0 Å². The van der Waals surface area contributed by atoms with Gasteiger partial charge in [0, 0.05) is 49.9 Å². The number of benzene rings is 1. The molecule has 0 radical (unpaired) electrons. The number of anilines is 1. The van der Waals surface area contributed by atoms with Gasteiger partial charge in [-0.1, -0.05) is 45.0 Å². The van der Waals surface area contributed by atoms with Crippen molar-refractivity contribution >= 4 is 23.1 Å². The molecule has 47 heavy (non-hydrogen) atoms. The van der Waals surface area contributed by atoms with Crippen molar-refractivity contribution in [3.63, 3.8) is 0 Å². The minimum atomic E-state index is -0.335. The van der Waals surface area contributed by atoms with Gasteiger partial charge in [-0.2, -0.15) is 0 Å². The monoisotopic (exact) mass is 638 g/mol. The van der Waals surface area contributed by atoms with Crippen molar-refractivity contribution in [2.75, 3.05) is 38.5 Å². The molecule has 0 unspecified atom stereocenters. The molecule has 1 aromatic carbocycles. The Morgan fingerprint density at radius 3 is 2.34 bits per heavy atom. The first-order valence-corrected chi connectivity index (χ1v) is 16.4. The number of amides is 2. The van der Waals surface area contributed by atoms with Crippen LogP contribution in [0, 0.1) is 0 Å². The van der Waals surface area contributed by atoms with Gasteiger partial charge in [0.05, 0.1) is 17.8 Å². The molecule has 2 aliphatic rings. The number of nitrogens with zero attached hydrogens (tertiary/aromatic N) is 6. The molecule has 4 aromatic rings. The van der Waals surface area contributed by atoms with E-state index < -0.39 is 0 Å². The van der Waals surface area contributed by atoms with Crippen LogP contribution in [0.25, 0.3) is 5.65 Å². The van der Waals surface area contributed by atoms with Crippen LogP contribution in [0.5, 0.6) is 5.75 Å². The molecule has 1 saturated heterocycles. The van der Waals surface area contributed by atoms with Gasteiger partial charge in [0.2, 0.25) is 0 Å². The largest absolute Gasteiger partial charge is 0.484 e. The number of pyridine rings is 2. The lowest BCUT2D eigenvalue weighted by molar-refractivity contribution is 0.0544. The third-order valence-corrected chi connectivity index (χ3v) is 9.45. The average molecular weight is 639 g/mol. The van der Waals surface area contributed by atoms with E-state index in [-0.39, 0.29) is 34.9 Å². The average Bonchev–Trinajstić information content (AvgIpc) is 3.46. The van der Waals surface area contributed by atoms with Crippen molar-refractivity contribution in [1.82, 2.24) is 34.7 Å². The highest BCUT2D eigenvalue weighted by Gasteiger charge is 2.35. The summed E-state index contributed by atoms with van der Waals surface area (Å²) in [5, 5.41) is 15.2. The van der Waals surface area contributed by atoms with Gasteiger partial charge in [-0.05, 0) is 69.1 Å². The zero-order chi connectivity index (χ0) is 33.5. The molecule has 0 saturated carbocycles. The fraction of sp³-hybridized carbons (Fsp3) is 0.472. The van der Waals surface area contributed by atoms with E-state index in [1.807, 2.05) is 63.4 Å². The minimum Gasteiger partial charge on any atom is -0.484 e. The molecule has 1 aliphatic heterocycles. The number of ether oxygens (including phenoxy) is 1. The van der Waals surface area contributed by atoms with E-state index in [1.54, 1.807) is 6.07 Å². The summed E-state index contributed by atoms with van der Waals surface area (Å²) < 4.78 is 8.71. The molecule has 3 aromatic heterocycles. The van der Waals surface area contributed by atoms with Gasteiger partial charge in [0.1, 0.15) is 17.5 Å². The molecule has 4 heterocycles. The number of hydrogen-bond donors (Lipinski definition) is 2. The maximum Gasteiger partial charge on any atom is 0.319 e.